The first-order valence-corrected chi connectivity index (χ1v) is 7.64. The zero-order valence-electron chi connectivity index (χ0n) is 12.3. The van der Waals surface area contributed by atoms with Crippen LogP contribution in [0.2, 0.25) is 0 Å². The molecule has 0 aliphatic heterocycles. The van der Waals surface area contributed by atoms with Crippen molar-refractivity contribution in [2.75, 3.05) is 11.9 Å². The number of hydrogen-bond donors (Lipinski definition) is 1. The van der Waals surface area contributed by atoms with Crippen molar-refractivity contribution in [1.29, 1.82) is 0 Å². The second kappa shape index (κ2) is 8.78. The van der Waals surface area contributed by atoms with E-state index >= 15 is 0 Å². The molecule has 0 fully saturated rings. The predicted molar refractivity (Wildman–Crippen MR) is 86.0 cm³/mol. The summed E-state index contributed by atoms with van der Waals surface area (Å²) in [7, 11) is 0. The lowest BCUT2D eigenvalue weighted by atomic mass is 10.3. The number of ether oxygens (including phenoxy) is 2. The van der Waals surface area contributed by atoms with Crippen LogP contribution < -0.4 is 10.1 Å². The number of benzene rings is 1. The summed E-state index contributed by atoms with van der Waals surface area (Å²) >= 11 is 1.46. The average molecular weight is 353 g/mol. The highest BCUT2D eigenvalue weighted by molar-refractivity contribution is 7.10. The van der Waals surface area contributed by atoms with Gasteiger partial charge in [-0.2, -0.15) is 8.78 Å². The highest BCUT2D eigenvalue weighted by atomic mass is 32.1. The molecule has 0 radical (unpaired) electrons. The first-order chi connectivity index (χ1) is 11.5. The first kappa shape index (κ1) is 17.6. The maximum atomic E-state index is 12.0. The lowest BCUT2D eigenvalue weighted by molar-refractivity contribution is -0.142. The van der Waals surface area contributed by atoms with E-state index in [0.717, 1.165) is 4.88 Å². The lowest BCUT2D eigenvalue weighted by Gasteiger charge is -2.07. The summed E-state index contributed by atoms with van der Waals surface area (Å²) < 4.78 is 33.0. The van der Waals surface area contributed by atoms with E-state index in [1.807, 2.05) is 17.5 Å². The van der Waals surface area contributed by atoms with Gasteiger partial charge in [0.2, 0.25) is 0 Å². The van der Waals surface area contributed by atoms with Gasteiger partial charge in [0.25, 0.3) is 5.91 Å². The molecular formula is C16H13F2NO4S. The number of halogens is 2. The highest BCUT2D eigenvalue weighted by Gasteiger charge is 2.07. The number of hydrogen-bond acceptors (Lipinski definition) is 5. The van der Waals surface area contributed by atoms with Crippen molar-refractivity contribution in [2.24, 2.45) is 0 Å². The van der Waals surface area contributed by atoms with Gasteiger partial charge in [0, 0.05) is 16.6 Å². The van der Waals surface area contributed by atoms with E-state index in [9.17, 15) is 18.4 Å². The zero-order chi connectivity index (χ0) is 17.4. The number of anilines is 1. The van der Waals surface area contributed by atoms with E-state index < -0.39 is 25.1 Å². The predicted octanol–water partition coefficient (Wildman–Crippen LogP) is 3.54. The molecule has 0 saturated carbocycles. The number of carbonyl (C=O) groups is 2. The molecule has 1 N–H and O–H groups in total. The molecule has 0 unspecified atom stereocenters. The maximum absolute atomic E-state index is 12.0. The maximum Gasteiger partial charge on any atom is 0.387 e. The largest absolute Gasteiger partial charge is 0.452 e. The van der Waals surface area contributed by atoms with Crippen LogP contribution in [0.5, 0.6) is 5.75 Å². The number of alkyl halides is 2. The van der Waals surface area contributed by atoms with Gasteiger partial charge in [-0.05, 0) is 41.8 Å². The minimum Gasteiger partial charge on any atom is -0.452 e. The zero-order valence-corrected chi connectivity index (χ0v) is 13.1. The number of carbonyl (C=O) groups excluding carboxylic acids is 2. The summed E-state index contributed by atoms with van der Waals surface area (Å²) in [5.41, 5.74) is 0.367. The third-order valence-electron chi connectivity index (χ3n) is 2.64. The van der Waals surface area contributed by atoms with Crippen LogP contribution in [-0.2, 0) is 14.3 Å². The van der Waals surface area contributed by atoms with Gasteiger partial charge in [0.05, 0.1) is 0 Å². The monoisotopic (exact) mass is 353 g/mol. The number of rotatable bonds is 7. The lowest BCUT2D eigenvalue weighted by Crippen LogP contribution is -2.20. The molecule has 2 aromatic rings. The summed E-state index contributed by atoms with van der Waals surface area (Å²) in [5.74, 6) is -1.21. The second-order valence-electron chi connectivity index (χ2n) is 4.41. The molecule has 5 nitrogen and oxygen atoms in total. The Hall–Kier alpha value is -2.74. The minimum atomic E-state index is -2.91. The molecule has 0 bridgehead atoms. The normalized spacial score (nSPS) is 10.8. The summed E-state index contributed by atoms with van der Waals surface area (Å²) in [6.07, 6.45) is 2.82. The van der Waals surface area contributed by atoms with Crippen molar-refractivity contribution in [3.8, 4) is 5.75 Å². The van der Waals surface area contributed by atoms with Crippen LogP contribution in [0.25, 0.3) is 6.08 Å². The average Bonchev–Trinajstić information content (AvgIpc) is 3.06. The van der Waals surface area contributed by atoms with Crippen molar-refractivity contribution in [3.63, 3.8) is 0 Å². The third kappa shape index (κ3) is 6.17. The molecular weight excluding hydrogens is 340 g/mol. The molecule has 126 valence electrons. The van der Waals surface area contributed by atoms with Crippen LogP contribution in [0.15, 0.2) is 47.9 Å². The Bertz CT molecular complexity index is 699. The molecule has 0 atom stereocenters. The molecule has 0 aliphatic carbocycles. The molecule has 1 amide bonds. The fourth-order valence-electron chi connectivity index (χ4n) is 1.64. The van der Waals surface area contributed by atoms with Gasteiger partial charge >= 0.3 is 12.6 Å². The molecule has 0 spiro atoms. The van der Waals surface area contributed by atoms with Gasteiger partial charge in [-0.1, -0.05) is 6.07 Å². The van der Waals surface area contributed by atoms with Crippen molar-refractivity contribution < 1.29 is 27.8 Å². The van der Waals surface area contributed by atoms with E-state index in [4.69, 9.17) is 4.74 Å². The van der Waals surface area contributed by atoms with Crippen molar-refractivity contribution in [1.82, 2.24) is 0 Å². The van der Waals surface area contributed by atoms with Gasteiger partial charge in [-0.15, -0.1) is 11.3 Å². The van der Waals surface area contributed by atoms with Gasteiger partial charge in [0.1, 0.15) is 5.75 Å². The fraction of sp³-hybridized carbons (Fsp3) is 0.125. The molecule has 1 aromatic heterocycles. The second-order valence-corrected chi connectivity index (χ2v) is 5.39. The van der Waals surface area contributed by atoms with E-state index in [1.165, 1.54) is 41.7 Å². The van der Waals surface area contributed by atoms with Gasteiger partial charge in [0.15, 0.2) is 6.61 Å². The van der Waals surface area contributed by atoms with E-state index in [-0.39, 0.29) is 5.75 Å². The van der Waals surface area contributed by atoms with Crippen molar-refractivity contribution >= 4 is 35.0 Å². The molecule has 0 saturated heterocycles. The Labute approximate surface area is 140 Å². The van der Waals surface area contributed by atoms with E-state index in [1.54, 1.807) is 6.08 Å². The SMILES string of the molecule is O=C(COC(=O)/C=C/c1cccs1)Nc1ccc(OC(F)F)cc1. The van der Waals surface area contributed by atoms with Crippen LogP contribution in [0.3, 0.4) is 0 Å². The summed E-state index contributed by atoms with van der Waals surface area (Å²) in [6.45, 7) is -3.37. The summed E-state index contributed by atoms with van der Waals surface area (Å²) in [6, 6.07) is 9.06. The van der Waals surface area contributed by atoms with E-state index in [0.29, 0.717) is 5.69 Å². The Kier molecular flexibility index (Phi) is 6.44. The van der Waals surface area contributed by atoms with Crippen LogP contribution in [0.1, 0.15) is 4.88 Å². The van der Waals surface area contributed by atoms with Crippen LogP contribution >= 0.6 is 11.3 Å². The van der Waals surface area contributed by atoms with Gasteiger partial charge in [-0.25, -0.2) is 4.79 Å². The van der Waals surface area contributed by atoms with Crippen LogP contribution in [0.4, 0.5) is 14.5 Å². The number of thiophene rings is 1. The quantitative estimate of drug-likeness (QED) is 0.611. The Morgan fingerprint density at radius 2 is 1.96 bits per heavy atom. The number of esters is 1. The minimum absolute atomic E-state index is 0.0202. The van der Waals surface area contributed by atoms with Gasteiger partial charge < -0.3 is 14.8 Å². The summed E-state index contributed by atoms with van der Waals surface area (Å²) in [5, 5.41) is 4.34. The fourth-order valence-corrected chi connectivity index (χ4v) is 2.26. The molecule has 8 heteroatoms. The Balaban J connectivity index is 1.75. The first-order valence-electron chi connectivity index (χ1n) is 6.76. The topological polar surface area (TPSA) is 64.6 Å². The van der Waals surface area contributed by atoms with Crippen molar-refractivity contribution in [3.05, 3.63) is 52.7 Å². The Morgan fingerprint density at radius 1 is 1.21 bits per heavy atom. The number of amides is 1. The Morgan fingerprint density at radius 3 is 2.58 bits per heavy atom. The molecule has 0 aliphatic rings. The third-order valence-corrected chi connectivity index (χ3v) is 3.47. The molecule has 2 rings (SSSR count). The van der Waals surface area contributed by atoms with Crippen molar-refractivity contribution in [2.45, 2.75) is 6.61 Å². The summed E-state index contributed by atoms with van der Waals surface area (Å²) in [4.78, 5) is 24.0. The standard InChI is InChI=1S/C16H13F2NO4S/c17-16(18)23-12-5-3-11(4-6-12)19-14(20)10-22-15(21)8-7-13-2-1-9-24-13/h1-9,16H,10H2,(H,19,20)/b8-7+. The van der Waals surface area contributed by atoms with Crippen LogP contribution in [-0.4, -0.2) is 25.1 Å². The molecule has 24 heavy (non-hydrogen) atoms. The van der Waals surface area contributed by atoms with Crippen LogP contribution in [0, 0.1) is 0 Å². The van der Waals surface area contributed by atoms with E-state index in [2.05, 4.69) is 10.1 Å². The molecule has 1 heterocycles. The molecule has 1 aromatic carbocycles. The highest BCUT2D eigenvalue weighted by Crippen LogP contribution is 2.17. The van der Waals surface area contributed by atoms with Gasteiger partial charge in [-0.3, -0.25) is 4.79 Å². The number of nitrogens with one attached hydrogen (secondary N) is 1. The smallest absolute Gasteiger partial charge is 0.387 e.